The first-order valence-corrected chi connectivity index (χ1v) is 5.36. The van der Waals surface area contributed by atoms with E-state index >= 15 is 0 Å². The number of piperidine rings is 1. The largest absolute Gasteiger partial charge is 0.447 e. The highest BCUT2D eigenvalue weighted by Gasteiger charge is 2.27. The molecule has 2 saturated heterocycles. The van der Waals surface area contributed by atoms with E-state index in [4.69, 9.17) is 4.74 Å². The minimum atomic E-state index is -0.251. The summed E-state index contributed by atoms with van der Waals surface area (Å²) >= 11 is 0. The number of amides is 1. The number of ether oxygens (including phenoxy) is 1. The maximum absolute atomic E-state index is 10.8. The number of cyclic esters (lactones) is 1. The molecule has 80 valence electrons. The molecule has 2 unspecified atom stereocenters. The summed E-state index contributed by atoms with van der Waals surface area (Å²) in [6.07, 6.45) is 3.38. The Hall–Kier alpha value is -0.770. The fourth-order valence-corrected chi connectivity index (χ4v) is 2.42. The quantitative estimate of drug-likeness (QED) is 0.714. The van der Waals surface area contributed by atoms with Crippen molar-refractivity contribution in [3.63, 3.8) is 0 Å². The van der Waals surface area contributed by atoms with Crippen molar-refractivity contribution in [2.45, 2.75) is 25.3 Å². The van der Waals surface area contributed by atoms with Crippen molar-refractivity contribution in [3.8, 4) is 0 Å². The van der Waals surface area contributed by atoms with Crippen LogP contribution in [-0.2, 0) is 4.74 Å². The number of hydrogen-bond acceptors (Lipinski definition) is 3. The number of nitrogens with zero attached hydrogens (tertiary/aromatic N) is 1. The molecule has 2 heterocycles. The Morgan fingerprint density at radius 1 is 1.64 bits per heavy atom. The van der Waals surface area contributed by atoms with E-state index in [9.17, 15) is 4.79 Å². The molecule has 0 aliphatic carbocycles. The lowest BCUT2D eigenvalue weighted by Gasteiger charge is -2.30. The number of nitrogens with one attached hydrogen (secondary N) is 1. The van der Waals surface area contributed by atoms with Crippen molar-refractivity contribution >= 4 is 6.09 Å². The van der Waals surface area contributed by atoms with Gasteiger partial charge in [-0.2, -0.15) is 0 Å². The van der Waals surface area contributed by atoms with Crippen LogP contribution in [0.4, 0.5) is 4.79 Å². The predicted octanol–water partition coefficient (Wildman–Crippen LogP) is 0.827. The van der Waals surface area contributed by atoms with Gasteiger partial charge in [0, 0.05) is 6.54 Å². The van der Waals surface area contributed by atoms with E-state index < -0.39 is 0 Å². The molecule has 4 nitrogen and oxygen atoms in total. The smallest absolute Gasteiger partial charge is 0.407 e. The molecule has 2 atom stereocenters. The van der Waals surface area contributed by atoms with Crippen molar-refractivity contribution in [2.75, 3.05) is 26.7 Å². The third-order valence-electron chi connectivity index (χ3n) is 3.08. The van der Waals surface area contributed by atoms with Crippen molar-refractivity contribution in [1.29, 1.82) is 0 Å². The van der Waals surface area contributed by atoms with E-state index in [1.54, 1.807) is 0 Å². The summed E-state index contributed by atoms with van der Waals surface area (Å²) in [5, 5.41) is 2.84. The maximum atomic E-state index is 10.8. The van der Waals surface area contributed by atoms with Crippen LogP contribution < -0.4 is 5.32 Å². The van der Waals surface area contributed by atoms with Crippen LogP contribution in [0.5, 0.6) is 0 Å². The fourth-order valence-electron chi connectivity index (χ4n) is 2.42. The second-order valence-electron chi connectivity index (χ2n) is 4.45. The molecule has 0 bridgehead atoms. The molecule has 2 fully saturated rings. The van der Waals surface area contributed by atoms with Crippen LogP contribution >= 0.6 is 0 Å². The summed E-state index contributed by atoms with van der Waals surface area (Å²) in [7, 11) is 2.16. The number of alkyl carbamates (subject to hydrolysis) is 1. The molecule has 1 amide bonds. The van der Waals surface area contributed by atoms with Crippen LogP contribution in [-0.4, -0.2) is 43.8 Å². The molecule has 14 heavy (non-hydrogen) atoms. The molecule has 0 saturated carbocycles. The third kappa shape index (κ3) is 2.38. The number of likely N-dealkylation sites (tertiary alicyclic amines) is 1. The Bertz CT molecular complexity index is 220. The predicted molar refractivity (Wildman–Crippen MR) is 53.1 cm³/mol. The Kier molecular flexibility index (Phi) is 2.91. The van der Waals surface area contributed by atoms with Crippen molar-refractivity contribution in [3.05, 3.63) is 0 Å². The molecule has 0 spiro atoms. The van der Waals surface area contributed by atoms with Gasteiger partial charge in [0.15, 0.2) is 0 Å². The van der Waals surface area contributed by atoms with Crippen LogP contribution in [0.3, 0.4) is 0 Å². The van der Waals surface area contributed by atoms with Crippen LogP contribution in [0.1, 0.15) is 19.3 Å². The number of rotatable bonds is 2. The molecule has 2 rings (SSSR count). The van der Waals surface area contributed by atoms with Gasteiger partial charge < -0.3 is 15.0 Å². The zero-order chi connectivity index (χ0) is 9.97. The molecule has 2 aliphatic heterocycles. The van der Waals surface area contributed by atoms with Crippen LogP contribution in [0, 0.1) is 5.92 Å². The Morgan fingerprint density at radius 2 is 2.50 bits per heavy atom. The van der Waals surface area contributed by atoms with Gasteiger partial charge >= 0.3 is 6.09 Å². The number of hydrogen-bond donors (Lipinski definition) is 1. The first kappa shape index (κ1) is 9.77. The second kappa shape index (κ2) is 4.17. The minimum absolute atomic E-state index is 0.249. The Balaban J connectivity index is 1.76. The molecular formula is C10H18N2O2. The van der Waals surface area contributed by atoms with Gasteiger partial charge in [-0.05, 0) is 38.8 Å². The average Bonchev–Trinajstić information content (AvgIpc) is 2.51. The van der Waals surface area contributed by atoms with Gasteiger partial charge in [0.25, 0.3) is 0 Å². The van der Waals surface area contributed by atoms with E-state index in [-0.39, 0.29) is 12.1 Å². The van der Waals surface area contributed by atoms with Crippen molar-refractivity contribution in [2.24, 2.45) is 5.92 Å². The molecule has 0 radical (unpaired) electrons. The standard InChI is InChI=1S/C10H18N2O2/c1-12-4-2-3-8(6-12)5-9-7-14-10(13)11-9/h8-9H,2-7H2,1H3,(H,11,13). The molecule has 2 aliphatic rings. The van der Waals surface area contributed by atoms with Gasteiger partial charge in [-0.1, -0.05) is 0 Å². The molecule has 4 heteroatoms. The summed E-state index contributed by atoms with van der Waals surface area (Å²) in [4.78, 5) is 13.2. The van der Waals surface area contributed by atoms with Crippen molar-refractivity contribution < 1.29 is 9.53 Å². The molecule has 0 aromatic carbocycles. The first-order chi connectivity index (χ1) is 6.74. The van der Waals surface area contributed by atoms with Gasteiger partial charge in [0.2, 0.25) is 0 Å². The number of carbonyl (C=O) groups is 1. The van der Waals surface area contributed by atoms with Crippen molar-refractivity contribution in [1.82, 2.24) is 10.2 Å². The highest BCUT2D eigenvalue weighted by molar-refractivity contribution is 5.69. The zero-order valence-corrected chi connectivity index (χ0v) is 8.66. The van der Waals surface area contributed by atoms with E-state index in [0.717, 1.165) is 18.9 Å². The Labute approximate surface area is 84.6 Å². The van der Waals surface area contributed by atoms with Crippen LogP contribution in [0.15, 0.2) is 0 Å². The Morgan fingerprint density at radius 3 is 3.14 bits per heavy atom. The van der Waals surface area contributed by atoms with Crippen LogP contribution in [0.2, 0.25) is 0 Å². The highest BCUT2D eigenvalue weighted by Crippen LogP contribution is 2.21. The van der Waals surface area contributed by atoms with Gasteiger partial charge in [0.05, 0.1) is 6.04 Å². The van der Waals surface area contributed by atoms with Crippen LogP contribution in [0.25, 0.3) is 0 Å². The lowest BCUT2D eigenvalue weighted by atomic mass is 9.92. The SMILES string of the molecule is CN1CCCC(CC2COC(=O)N2)C1. The summed E-state index contributed by atoms with van der Waals surface area (Å²) in [6.45, 7) is 2.93. The first-order valence-electron chi connectivity index (χ1n) is 5.36. The normalized spacial score (nSPS) is 33.9. The van der Waals surface area contributed by atoms with Gasteiger partial charge in [0.1, 0.15) is 6.61 Å². The third-order valence-corrected chi connectivity index (χ3v) is 3.08. The van der Waals surface area contributed by atoms with Gasteiger partial charge in [-0.25, -0.2) is 4.79 Å². The summed E-state index contributed by atoms with van der Waals surface area (Å²) < 4.78 is 4.87. The summed E-state index contributed by atoms with van der Waals surface area (Å²) in [6, 6.07) is 0.249. The minimum Gasteiger partial charge on any atom is -0.447 e. The lowest BCUT2D eigenvalue weighted by molar-refractivity contribution is 0.171. The second-order valence-corrected chi connectivity index (χ2v) is 4.45. The maximum Gasteiger partial charge on any atom is 0.407 e. The molecule has 0 aromatic rings. The average molecular weight is 198 g/mol. The fraction of sp³-hybridized carbons (Fsp3) is 0.900. The van der Waals surface area contributed by atoms with E-state index in [1.807, 2.05) is 0 Å². The van der Waals surface area contributed by atoms with E-state index in [1.165, 1.54) is 19.4 Å². The topological polar surface area (TPSA) is 41.6 Å². The lowest BCUT2D eigenvalue weighted by Crippen LogP contribution is -2.36. The molecule has 1 N–H and O–H groups in total. The summed E-state index contributed by atoms with van der Waals surface area (Å²) in [5.74, 6) is 0.723. The summed E-state index contributed by atoms with van der Waals surface area (Å²) in [5.41, 5.74) is 0. The zero-order valence-electron chi connectivity index (χ0n) is 8.66. The molecular weight excluding hydrogens is 180 g/mol. The van der Waals surface area contributed by atoms with Gasteiger partial charge in [-0.3, -0.25) is 0 Å². The van der Waals surface area contributed by atoms with E-state index in [0.29, 0.717) is 6.61 Å². The van der Waals surface area contributed by atoms with E-state index in [2.05, 4.69) is 17.3 Å². The number of carbonyl (C=O) groups excluding carboxylic acids is 1. The van der Waals surface area contributed by atoms with Gasteiger partial charge in [-0.15, -0.1) is 0 Å². The molecule has 0 aromatic heterocycles. The highest BCUT2D eigenvalue weighted by atomic mass is 16.6. The monoisotopic (exact) mass is 198 g/mol.